The van der Waals surface area contributed by atoms with Gasteiger partial charge in [-0.25, -0.2) is 4.79 Å². The van der Waals surface area contributed by atoms with Crippen LogP contribution in [0.2, 0.25) is 0 Å². The lowest BCUT2D eigenvalue weighted by Gasteiger charge is -2.17. The molecule has 1 aliphatic heterocycles. The third-order valence-electron chi connectivity index (χ3n) is 4.95. The van der Waals surface area contributed by atoms with E-state index >= 15 is 0 Å². The predicted molar refractivity (Wildman–Crippen MR) is 111 cm³/mol. The van der Waals surface area contributed by atoms with Gasteiger partial charge in [-0.1, -0.05) is 19.1 Å². The van der Waals surface area contributed by atoms with Gasteiger partial charge in [-0.05, 0) is 63.1 Å². The molecule has 2 aromatic rings. The van der Waals surface area contributed by atoms with Crippen molar-refractivity contribution >= 4 is 29.4 Å². The predicted octanol–water partition coefficient (Wildman–Crippen LogP) is 3.44. The largest absolute Gasteiger partial charge is 0.449 e. The van der Waals surface area contributed by atoms with E-state index in [2.05, 4.69) is 5.32 Å². The maximum atomic E-state index is 12.5. The highest BCUT2D eigenvalue weighted by Gasteiger charge is 2.37. The second kappa shape index (κ2) is 8.49. The van der Waals surface area contributed by atoms with Crippen LogP contribution in [-0.4, -0.2) is 40.7 Å². The molecule has 0 aromatic heterocycles. The molecule has 1 N–H and O–H groups in total. The van der Waals surface area contributed by atoms with Crippen LogP contribution in [0.4, 0.5) is 5.69 Å². The highest BCUT2D eigenvalue weighted by Crippen LogP contribution is 2.26. The Kier molecular flexibility index (Phi) is 6.01. The summed E-state index contributed by atoms with van der Waals surface area (Å²) in [6.45, 7) is 6.99. The van der Waals surface area contributed by atoms with Crippen LogP contribution in [0.5, 0.6) is 0 Å². The fourth-order valence-corrected chi connectivity index (χ4v) is 3.21. The molecule has 0 spiro atoms. The molecular weight excluding hydrogens is 384 g/mol. The van der Waals surface area contributed by atoms with Crippen LogP contribution in [0.15, 0.2) is 42.5 Å². The van der Waals surface area contributed by atoms with Crippen molar-refractivity contribution in [3.05, 3.63) is 64.7 Å². The van der Waals surface area contributed by atoms with Crippen molar-refractivity contribution in [3.8, 4) is 0 Å². The maximum absolute atomic E-state index is 12.5. The van der Waals surface area contributed by atoms with Gasteiger partial charge >= 0.3 is 5.97 Å². The van der Waals surface area contributed by atoms with Crippen molar-refractivity contribution < 1.29 is 23.9 Å². The lowest BCUT2D eigenvalue weighted by molar-refractivity contribution is -0.123. The number of nitrogens with one attached hydrogen (secondary N) is 1. The van der Waals surface area contributed by atoms with E-state index in [4.69, 9.17) is 4.74 Å². The number of aryl methyl sites for hydroxylation is 1. The first kappa shape index (κ1) is 21.2. The van der Waals surface area contributed by atoms with Crippen LogP contribution in [0.1, 0.15) is 64.3 Å². The van der Waals surface area contributed by atoms with Gasteiger partial charge in [-0.15, -0.1) is 0 Å². The molecule has 0 unspecified atom stereocenters. The molecule has 0 bridgehead atoms. The van der Waals surface area contributed by atoms with E-state index < -0.39 is 23.9 Å². The summed E-state index contributed by atoms with van der Waals surface area (Å²) in [6, 6.07) is 11.3. The third kappa shape index (κ3) is 4.10. The van der Waals surface area contributed by atoms with Gasteiger partial charge < -0.3 is 10.1 Å². The first-order valence-electron chi connectivity index (χ1n) is 9.85. The number of nitrogens with zero attached hydrogens (tertiary/aromatic N) is 1. The zero-order valence-corrected chi connectivity index (χ0v) is 17.4. The van der Waals surface area contributed by atoms with Gasteiger partial charge in [0.15, 0.2) is 6.10 Å². The van der Waals surface area contributed by atoms with Crippen molar-refractivity contribution in [2.75, 3.05) is 5.32 Å². The number of fused-ring (bicyclic) bond motifs is 1. The summed E-state index contributed by atoms with van der Waals surface area (Å²) in [5.41, 5.74) is 2.28. The zero-order valence-electron chi connectivity index (χ0n) is 17.4. The molecule has 3 amide bonds. The van der Waals surface area contributed by atoms with Crippen molar-refractivity contribution in [1.82, 2.24) is 4.90 Å². The minimum atomic E-state index is -1.04. The molecule has 0 saturated carbocycles. The normalized spacial score (nSPS) is 14.0. The van der Waals surface area contributed by atoms with Gasteiger partial charge in [0.2, 0.25) is 0 Å². The number of rotatable bonds is 6. The summed E-state index contributed by atoms with van der Waals surface area (Å²) < 4.78 is 5.25. The Balaban J connectivity index is 1.68. The number of imide groups is 1. The molecule has 2 aromatic carbocycles. The van der Waals surface area contributed by atoms with Crippen molar-refractivity contribution in [3.63, 3.8) is 0 Å². The number of carbonyl (C=O) groups is 4. The summed E-state index contributed by atoms with van der Waals surface area (Å²) >= 11 is 0. The van der Waals surface area contributed by atoms with E-state index in [1.165, 1.54) is 25.1 Å². The molecular formula is C23H24N2O5. The SMILES string of the molecule is CCc1ccc(NC(=O)[C@H](C)OC(=O)c2ccc3c(c2)C(=O)N(C(C)C)C3=O)cc1. The molecule has 1 heterocycles. The number of hydrogen-bond acceptors (Lipinski definition) is 5. The Morgan fingerprint density at radius 1 is 0.967 bits per heavy atom. The Morgan fingerprint density at radius 2 is 1.60 bits per heavy atom. The van der Waals surface area contributed by atoms with Gasteiger partial charge in [0.05, 0.1) is 16.7 Å². The molecule has 0 saturated heterocycles. The van der Waals surface area contributed by atoms with E-state index in [1.807, 2.05) is 19.1 Å². The highest BCUT2D eigenvalue weighted by molar-refractivity contribution is 6.22. The van der Waals surface area contributed by atoms with Crippen molar-refractivity contribution in [1.29, 1.82) is 0 Å². The van der Waals surface area contributed by atoms with Crippen LogP contribution >= 0.6 is 0 Å². The lowest BCUT2D eigenvalue weighted by atomic mass is 10.1. The molecule has 30 heavy (non-hydrogen) atoms. The van der Waals surface area contributed by atoms with Gasteiger partial charge in [-0.3, -0.25) is 19.3 Å². The Bertz CT molecular complexity index is 1010. The molecule has 0 aliphatic carbocycles. The Morgan fingerprint density at radius 3 is 2.20 bits per heavy atom. The van der Waals surface area contributed by atoms with Crippen LogP contribution in [-0.2, 0) is 16.0 Å². The maximum Gasteiger partial charge on any atom is 0.338 e. The van der Waals surface area contributed by atoms with Crippen LogP contribution in [0, 0.1) is 0 Å². The second-order valence-electron chi connectivity index (χ2n) is 7.42. The van der Waals surface area contributed by atoms with Gasteiger partial charge in [0, 0.05) is 11.7 Å². The molecule has 3 rings (SSSR count). The average Bonchev–Trinajstić information content (AvgIpc) is 2.98. The Hall–Kier alpha value is -3.48. The number of anilines is 1. The minimum absolute atomic E-state index is 0.104. The monoisotopic (exact) mass is 408 g/mol. The lowest BCUT2D eigenvalue weighted by Crippen LogP contribution is -2.35. The summed E-state index contributed by atoms with van der Waals surface area (Å²) in [5.74, 6) is -2.04. The molecule has 0 fully saturated rings. The van der Waals surface area contributed by atoms with Crippen LogP contribution in [0.3, 0.4) is 0 Å². The number of ether oxygens (including phenoxy) is 1. The summed E-state index contributed by atoms with van der Waals surface area (Å²) in [6.07, 6.45) is -0.146. The molecule has 1 atom stereocenters. The van der Waals surface area contributed by atoms with Crippen LogP contribution < -0.4 is 5.32 Å². The molecule has 156 valence electrons. The first-order valence-corrected chi connectivity index (χ1v) is 9.85. The number of esters is 1. The van der Waals surface area contributed by atoms with E-state index in [9.17, 15) is 19.2 Å². The number of carbonyl (C=O) groups excluding carboxylic acids is 4. The fourth-order valence-electron chi connectivity index (χ4n) is 3.21. The third-order valence-corrected chi connectivity index (χ3v) is 4.95. The topological polar surface area (TPSA) is 92.8 Å². The van der Waals surface area contributed by atoms with E-state index in [0.717, 1.165) is 16.9 Å². The molecule has 7 nitrogen and oxygen atoms in total. The standard InChI is InChI=1S/C23H24N2O5/c1-5-15-6-9-17(10-7-15)24-20(26)14(4)30-23(29)16-8-11-18-19(12-16)22(28)25(13(2)3)21(18)27/h6-14H,5H2,1-4H3,(H,24,26)/t14-/m0/s1. The molecule has 7 heteroatoms. The summed E-state index contributed by atoms with van der Waals surface area (Å²) in [5, 5.41) is 2.70. The van der Waals surface area contributed by atoms with E-state index in [0.29, 0.717) is 5.69 Å². The van der Waals surface area contributed by atoms with Gasteiger partial charge in [0.1, 0.15) is 0 Å². The molecule has 0 radical (unpaired) electrons. The minimum Gasteiger partial charge on any atom is -0.449 e. The fraction of sp³-hybridized carbons (Fsp3) is 0.304. The van der Waals surface area contributed by atoms with E-state index in [-0.39, 0.29) is 28.6 Å². The number of hydrogen-bond donors (Lipinski definition) is 1. The number of amides is 3. The quantitative estimate of drug-likeness (QED) is 0.584. The van der Waals surface area contributed by atoms with E-state index in [1.54, 1.807) is 26.0 Å². The van der Waals surface area contributed by atoms with Crippen molar-refractivity contribution in [2.45, 2.75) is 46.3 Å². The summed E-state index contributed by atoms with van der Waals surface area (Å²) in [7, 11) is 0. The van der Waals surface area contributed by atoms with Crippen molar-refractivity contribution in [2.24, 2.45) is 0 Å². The molecule has 1 aliphatic rings. The smallest absolute Gasteiger partial charge is 0.338 e. The van der Waals surface area contributed by atoms with Gasteiger partial charge in [-0.2, -0.15) is 0 Å². The Labute approximate surface area is 175 Å². The highest BCUT2D eigenvalue weighted by atomic mass is 16.5. The van der Waals surface area contributed by atoms with Crippen LogP contribution in [0.25, 0.3) is 0 Å². The number of benzene rings is 2. The van der Waals surface area contributed by atoms with Gasteiger partial charge in [0.25, 0.3) is 17.7 Å². The zero-order chi connectivity index (χ0) is 22.0. The average molecular weight is 408 g/mol. The summed E-state index contributed by atoms with van der Waals surface area (Å²) in [4.78, 5) is 50.8. The second-order valence-corrected chi connectivity index (χ2v) is 7.42. The first-order chi connectivity index (χ1) is 14.2.